The number of nitrogens with one attached hydrogen (secondary N) is 2. The fourth-order valence-electron chi connectivity index (χ4n) is 4.46. The van der Waals surface area contributed by atoms with Crippen molar-refractivity contribution in [3.8, 4) is 0 Å². The lowest BCUT2D eigenvalue weighted by molar-refractivity contribution is 0.0191. The Morgan fingerprint density at radius 2 is 2.04 bits per heavy atom. The summed E-state index contributed by atoms with van der Waals surface area (Å²) in [4.78, 5) is 27.9. The Bertz CT molecular complexity index is 865. The topological polar surface area (TPSA) is 92.3 Å². The molecule has 1 amide bonds. The summed E-state index contributed by atoms with van der Waals surface area (Å²) in [5, 5.41) is 6.58. The van der Waals surface area contributed by atoms with Crippen molar-refractivity contribution in [2.45, 2.75) is 25.3 Å². The van der Waals surface area contributed by atoms with Crippen LogP contribution < -0.4 is 10.6 Å². The van der Waals surface area contributed by atoms with Crippen LogP contribution in [0.4, 0.5) is 11.8 Å². The molecule has 1 unspecified atom stereocenters. The van der Waals surface area contributed by atoms with E-state index in [2.05, 4.69) is 25.6 Å². The van der Waals surface area contributed by atoms with Crippen molar-refractivity contribution < 1.29 is 9.53 Å². The molecular weight excluding hydrogens is 356 g/mol. The lowest BCUT2D eigenvalue weighted by Gasteiger charge is -2.33. The van der Waals surface area contributed by atoms with E-state index in [4.69, 9.17) is 4.74 Å². The van der Waals surface area contributed by atoms with Crippen molar-refractivity contribution in [2.24, 2.45) is 5.41 Å². The largest absolute Gasteiger partial charge is 0.381 e. The van der Waals surface area contributed by atoms with Crippen LogP contribution >= 0.6 is 0 Å². The summed E-state index contributed by atoms with van der Waals surface area (Å²) in [6.45, 7) is 3.96. The maximum Gasteiger partial charge on any atom is 0.257 e. The standard InChI is InChI=1S/C20H24N6O2/c27-18(26-7-3-20(13-26)4-8-28-9-5-20)14-10-23-19(24-11-14)25-16-12-22-17-15(16)2-1-6-21-17/h1-2,6,10-11,16H,3-5,7-9,12-13H2,(H,21,22)(H,23,24,25). The summed E-state index contributed by atoms with van der Waals surface area (Å²) >= 11 is 0. The third-order valence-electron chi connectivity index (χ3n) is 6.17. The minimum Gasteiger partial charge on any atom is -0.381 e. The Morgan fingerprint density at radius 3 is 2.86 bits per heavy atom. The first-order chi connectivity index (χ1) is 13.7. The van der Waals surface area contributed by atoms with Crippen LogP contribution in [-0.2, 0) is 4.74 Å². The van der Waals surface area contributed by atoms with Crippen LogP contribution in [0.15, 0.2) is 30.7 Å². The van der Waals surface area contributed by atoms with Crippen LogP contribution in [0.2, 0.25) is 0 Å². The molecular formula is C20H24N6O2. The molecule has 2 aromatic rings. The third-order valence-corrected chi connectivity index (χ3v) is 6.17. The van der Waals surface area contributed by atoms with E-state index >= 15 is 0 Å². The Kier molecular flexibility index (Phi) is 4.35. The summed E-state index contributed by atoms with van der Waals surface area (Å²) in [6, 6.07) is 4.03. The Labute approximate surface area is 163 Å². The van der Waals surface area contributed by atoms with E-state index in [0.717, 1.165) is 63.5 Å². The van der Waals surface area contributed by atoms with Crippen LogP contribution in [-0.4, -0.2) is 58.6 Å². The Hall–Kier alpha value is -2.74. The number of nitrogens with zero attached hydrogens (tertiary/aromatic N) is 4. The molecule has 2 N–H and O–H groups in total. The van der Waals surface area contributed by atoms with Gasteiger partial charge in [-0.15, -0.1) is 0 Å². The fourth-order valence-corrected chi connectivity index (χ4v) is 4.46. The first-order valence-corrected chi connectivity index (χ1v) is 9.87. The minimum absolute atomic E-state index is 0.0204. The molecule has 1 atom stereocenters. The number of hydrogen-bond donors (Lipinski definition) is 2. The van der Waals surface area contributed by atoms with Gasteiger partial charge >= 0.3 is 0 Å². The van der Waals surface area contributed by atoms with Crippen LogP contribution in [0, 0.1) is 5.41 Å². The number of likely N-dealkylation sites (tertiary alicyclic amines) is 1. The van der Waals surface area contributed by atoms with Gasteiger partial charge < -0.3 is 20.3 Å². The van der Waals surface area contributed by atoms with E-state index < -0.39 is 0 Å². The quantitative estimate of drug-likeness (QED) is 0.842. The normalized spacial score (nSPS) is 22.7. The zero-order valence-electron chi connectivity index (χ0n) is 15.7. The molecule has 0 aromatic carbocycles. The Balaban J connectivity index is 1.24. The van der Waals surface area contributed by atoms with Crippen molar-refractivity contribution in [1.29, 1.82) is 0 Å². The highest BCUT2D eigenvalue weighted by molar-refractivity contribution is 5.94. The van der Waals surface area contributed by atoms with Gasteiger partial charge in [-0.1, -0.05) is 6.07 Å². The van der Waals surface area contributed by atoms with Gasteiger partial charge in [0.2, 0.25) is 5.95 Å². The number of carbonyl (C=O) groups is 1. The van der Waals surface area contributed by atoms with Gasteiger partial charge in [0.25, 0.3) is 5.91 Å². The van der Waals surface area contributed by atoms with Gasteiger partial charge in [0.1, 0.15) is 5.82 Å². The van der Waals surface area contributed by atoms with Crippen molar-refractivity contribution >= 4 is 17.7 Å². The first-order valence-electron chi connectivity index (χ1n) is 9.87. The first kappa shape index (κ1) is 17.4. The highest BCUT2D eigenvalue weighted by atomic mass is 16.5. The number of ether oxygens (including phenoxy) is 1. The molecule has 28 heavy (non-hydrogen) atoms. The molecule has 8 heteroatoms. The number of pyridine rings is 1. The second-order valence-electron chi connectivity index (χ2n) is 7.90. The van der Waals surface area contributed by atoms with Gasteiger partial charge in [-0.3, -0.25) is 4.79 Å². The third kappa shape index (κ3) is 3.17. The smallest absolute Gasteiger partial charge is 0.257 e. The average molecular weight is 380 g/mol. The van der Waals surface area contributed by atoms with E-state index in [-0.39, 0.29) is 17.4 Å². The SMILES string of the molecule is O=C(c1cnc(NC2CNc3ncccc32)nc1)N1CCC2(CCOCC2)C1. The highest BCUT2D eigenvalue weighted by Gasteiger charge is 2.41. The van der Waals surface area contributed by atoms with Gasteiger partial charge in [0.05, 0.1) is 11.6 Å². The molecule has 0 aliphatic carbocycles. The van der Waals surface area contributed by atoms with Crippen molar-refractivity contribution in [1.82, 2.24) is 19.9 Å². The van der Waals surface area contributed by atoms with Gasteiger partial charge in [-0.25, -0.2) is 15.0 Å². The van der Waals surface area contributed by atoms with Gasteiger partial charge in [0.15, 0.2) is 0 Å². The van der Waals surface area contributed by atoms with E-state index in [1.807, 2.05) is 17.0 Å². The molecule has 0 radical (unpaired) electrons. The number of aromatic nitrogens is 3. The lowest BCUT2D eigenvalue weighted by Crippen LogP contribution is -2.35. The molecule has 3 aliphatic rings. The highest BCUT2D eigenvalue weighted by Crippen LogP contribution is 2.40. The van der Waals surface area contributed by atoms with Gasteiger partial charge in [-0.2, -0.15) is 0 Å². The summed E-state index contributed by atoms with van der Waals surface area (Å²) in [6.07, 6.45) is 8.17. The fraction of sp³-hybridized carbons (Fsp3) is 0.500. The lowest BCUT2D eigenvalue weighted by atomic mass is 9.80. The van der Waals surface area contributed by atoms with Crippen molar-refractivity contribution in [2.75, 3.05) is 43.5 Å². The summed E-state index contributed by atoms with van der Waals surface area (Å²) < 4.78 is 5.49. The second kappa shape index (κ2) is 7.01. The number of amides is 1. The Morgan fingerprint density at radius 1 is 1.21 bits per heavy atom. The molecule has 8 nitrogen and oxygen atoms in total. The summed E-state index contributed by atoms with van der Waals surface area (Å²) in [5.74, 6) is 1.43. The zero-order chi connectivity index (χ0) is 19.0. The second-order valence-corrected chi connectivity index (χ2v) is 7.90. The molecule has 5 rings (SSSR count). The summed E-state index contributed by atoms with van der Waals surface area (Å²) in [5.41, 5.74) is 1.89. The average Bonchev–Trinajstić information content (AvgIpc) is 3.34. The number of fused-ring (bicyclic) bond motifs is 1. The molecule has 2 fully saturated rings. The molecule has 3 aliphatic heterocycles. The molecule has 0 saturated carbocycles. The van der Waals surface area contributed by atoms with Crippen LogP contribution in [0.5, 0.6) is 0 Å². The van der Waals surface area contributed by atoms with E-state index in [0.29, 0.717) is 11.5 Å². The van der Waals surface area contributed by atoms with E-state index in [1.54, 1.807) is 18.6 Å². The number of carbonyl (C=O) groups excluding carboxylic acids is 1. The van der Waals surface area contributed by atoms with Crippen molar-refractivity contribution in [3.05, 3.63) is 41.9 Å². The maximum absolute atomic E-state index is 12.9. The van der Waals surface area contributed by atoms with Gasteiger partial charge in [0, 0.05) is 57.0 Å². The van der Waals surface area contributed by atoms with Crippen LogP contribution in [0.3, 0.4) is 0 Å². The number of hydrogen-bond acceptors (Lipinski definition) is 7. The van der Waals surface area contributed by atoms with E-state index in [9.17, 15) is 4.79 Å². The molecule has 146 valence electrons. The zero-order valence-corrected chi connectivity index (χ0v) is 15.7. The molecule has 5 heterocycles. The number of anilines is 2. The van der Waals surface area contributed by atoms with Crippen molar-refractivity contribution in [3.63, 3.8) is 0 Å². The maximum atomic E-state index is 12.9. The van der Waals surface area contributed by atoms with Gasteiger partial charge in [-0.05, 0) is 30.7 Å². The molecule has 1 spiro atoms. The summed E-state index contributed by atoms with van der Waals surface area (Å²) in [7, 11) is 0. The van der Waals surface area contributed by atoms with Crippen LogP contribution in [0.25, 0.3) is 0 Å². The van der Waals surface area contributed by atoms with Crippen LogP contribution in [0.1, 0.15) is 41.2 Å². The van der Waals surface area contributed by atoms with E-state index in [1.165, 1.54) is 0 Å². The predicted octanol–water partition coefficient (Wildman–Crippen LogP) is 2.09. The monoisotopic (exact) mass is 380 g/mol. The molecule has 0 bridgehead atoms. The molecule has 2 saturated heterocycles. The molecule has 2 aromatic heterocycles. The predicted molar refractivity (Wildman–Crippen MR) is 104 cm³/mol. The minimum atomic E-state index is 0.0204. The number of rotatable bonds is 3.